The second-order valence-electron chi connectivity index (χ2n) is 11.7. The maximum atomic E-state index is 13.9. The molecule has 12 heteroatoms. The molecule has 1 saturated carbocycles. The predicted molar refractivity (Wildman–Crippen MR) is 146 cm³/mol. The van der Waals surface area contributed by atoms with Gasteiger partial charge in [0, 0.05) is 11.1 Å². The topological polar surface area (TPSA) is 88.1 Å². The average molecular weight is 611 g/mol. The third-order valence-electron chi connectivity index (χ3n) is 9.17. The zero-order valence-corrected chi connectivity index (χ0v) is 23.4. The van der Waals surface area contributed by atoms with Crippen LogP contribution in [-0.4, -0.2) is 65.7 Å². The first-order valence-electron chi connectivity index (χ1n) is 14.2. The quantitative estimate of drug-likeness (QED) is 0.380. The molecule has 4 aliphatic rings. The van der Waals surface area contributed by atoms with Gasteiger partial charge in [-0.1, -0.05) is 17.7 Å². The molecule has 1 unspecified atom stereocenters. The predicted octanol–water partition coefficient (Wildman–Crippen LogP) is 6.15. The molecule has 42 heavy (non-hydrogen) atoms. The van der Waals surface area contributed by atoms with Gasteiger partial charge >= 0.3 is 12.1 Å². The second kappa shape index (κ2) is 11.0. The molecule has 2 saturated heterocycles. The minimum atomic E-state index is -4.65. The number of halogens is 5. The number of carbonyl (C=O) groups is 2. The summed E-state index contributed by atoms with van der Waals surface area (Å²) in [5.74, 6) is -2.40. The Morgan fingerprint density at radius 1 is 1.05 bits per heavy atom. The highest BCUT2D eigenvalue weighted by molar-refractivity contribution is 6.31. The number of ether oxygens (including phenoxy) is 2. The van der Waals surface area contributed by atoms with Crippen LogP contribution in [0.25, 0.3) is 0 Å². The summed E-state index contributed by atoms with van der Waals surface area (Å²) in [5.41, 5.74) is -1.46. The van der Waals surface area contributed by atoms with Crippen LogP contribution in [0.5, 0.6) is 5.75 Å². The number of carboxylic acid groups (broad SMARTS) is 1. The van der Waals surface area contributed by atoms with E-state index in [2.05, 4.69) is 10.2 Å². The lowest BCUT2D eigenvalue weighted by molar-refractivity contribution is -0.164. The van der Waals surface area contributed by atoms with Crippen LogP contribution in [0.1, 0.15) is 65.9 Å². The Morgan fingerprint density at radius 3 is 2.40 bits per heavy atom. The summed E-state index contributed by atoms with van der Waals surface area (Å²) in [4.78, 5) is 27.6. The lowest BCUT2D eigenvalue weighted by Crippen LogP contribution is -2.59. The van der Waals surface area contributed by atoms with E-state index in [1.807, 2.05) is 0 Å². The van der Waals surface area contributed by atoms with Crippen LogP contribution in [0.4, 0.5) is 23.2 Å². The number of hydrogen-bond donors (Lipinski definition) is 2. The smallest absolute Gasteiger partial charge is 0.420 e. The number of nitrogens with one attached hydrogen (secondary N) is 1. The highest BCUT2D eigenvalue weighted by Gasteiger charge is 2.56. The molecule has 1 aliphatic carbocycles. The zero-order chi connectivity index (χ0) is 29.8. The number of aromatic carboxylic acids is 1. The fourth-order valence-corrected chi connectivity index (χ4v) is 7.01. The number of likely N-dealkylation sites (tertiary alicyclic amines) is 1. The molecule has 0 spiro atoms. The standard InChI is InChI=1S/C30H31ClF4N2O5/c31-19-12-22(30(33,34)35)26-24(13-19)36-25(15-41-26)27(38)29(18-2-3-18)8-5-20(14-42-29)37-9-6-16(7-10-37)17-1-4-23(32)21(11-17)28(39)40/h1,4,11-13,16,18,20,25,36H,2-3,5-10,14-15H2,(H,39,40)/t20-,25?,29+/m1/s1. The van der Waals surface area contributed by atoms with Crippen molar-refractivity contribution in [2.24, 2.45) is 5.92 Å². The summed E-state index contributed by atoms with van der Waals surface area (Å²) in [6.07, 6.45) is -0.119. The van der Waals surface area contributed by atoms with E-state index in [4.69, 9.17) is 21.1 Å². The molecule has 2 N–H and O–H groups in total. The third kappa shape index (κ3) is 5.46. The van der Waals surface area contributed by atoms with Gasteiger partial charge in [-0.3, -0.25) is 9.69 Å². The molecular weight excluding hydrogens is 580 g/mol. The molecule has 3 fully saturated rings. The van der Waals surface area contributed by atoms with Crippen LogP contribution in [0.2, 0.25) is 5.02 Å². The highest BCUT2D eigenvalue weighted by Crippen LogP contribution is 2.50. The largest absolute Gasteiger partial charge is 0.488 e. The van der Waals surface area contributed by atoms with Crippen LogP contribution >= 0.6 is 11.6 Å². The number of Topliss-reactive ketones (excluding diaryl/α,β-unsaturated/α-hetero) is 1. The van der Waals surface area contributed by atoms with Crippen molar-refractivity contribution in [3.8, 4) is 5.75 Å². The van der Waals surface area contributed by atoms with Gasteiger partial charge < -0.3 is 19.9 Å². The van der Waals surface area contributed by atoms with Crippen molar-refractivity contribution in [3.63, 3.8) is 0 Å². The van der Waals surface area contributed by atoms with Crippen LogP contribution < -0.4 is 10.1 Å². The summed E-state index contributed by atoms with van der Waals surface area (Å²) in [6.45, 7) is 1.65. The molecule has 0 aromatic heterocycles. The lowest BCUT2D eigenvalue weighted by atomic mass is 9.80. The maximum Gasteiger partial charge on any atom is 0.420 e. The summed E-state index contributed by atoms with van der Waals surface area (Å²) in [6, 6.07) is 5.69. The first kappa shape index (κ1) is 29.2. The van der Waals surface area contributed by atoms with Gasteiger partial charge in [0.05, 0.1) is 17.9 Å². The normalized spacial score (nSPS) is 27.1. The Hall–Kier alpha value is -2.89. The summed E-state index contributed by atoms with van der Waals surface area (Å²) in [7, 11) is 0. The molecular formula is C30H31ClF4N2O5. The lowest BCUT2D eigenvalue weighted by Gasteiger charge is -2.46. The van der Waals surface area contributed by atoms with Crippen molar-refractivity contribution in [3.05, 3.63) is 57.9 Å². The highest BCUT2D eigenvalue weighted by atomic mass is 35.5. The molecule has 226 valence electrons. The molecule has 3 heterocycles. The number of carboxylic acids is 1. The van der Waals surface area contributed by atoms with E-state index < -0.39 is 35.2 Å². The van der Waals surface area contributed by atoms with Gasteiger partial charge in [0.1, 0.15) is 29.6 Å². The SMILES string of the molecule is O=C(O)c1cc(C2CCN([C@@H]3CC[C@@](C(=O)C4COc5c(cc(Cl)cc5C(F)(F)F)N4)(C4CC4)OC3)CC2)ccc1F. The second-order valence-corrected chi connectivity index (χ2v) is 12.2. The van der Waals surface area contributed by atoms with Crippen molar-refractivity contribution in [1.29, 1.82) is 0 Å². The van der Waals surface area contributed by atoms with Crippen LogP contribution in [0, 0.1) is 11.7 Å². The summed E-state index contributed by atoms with van der Waals surface area (Å²) >= 11 is 5.96. The van der Waals surface area contributed by atoms with Gasteiger partial charge in [-0.25, -0.2) is 9.18 Å². The molecule has 3 atom stereocenters. The molecule has 3 aliphatic heterocycles. The van der Waals surface area contributed by atoms with E-state index >= 15 is 0 Å². The molecule has 0 bridgehead atoms. The molecule has 2 aromatic rings. The van der Waals surface area contributed by atoms with Crippen LogP contribution in [0.15, 0.2) is 30.3 Å². The number of hydrogen-bond acceptors (Lipinski definition) is 6. The van der Waals surface area contributed by atoms with Gasteiger partial charge in [-0.15, -0.1) is 0 Å². The molecule has 0 amide bonds. The summed E-state index contributed by atoms with van der Waals surface area (Å²) in [5, 5.41) is 12.1. The van der Waals surface area contributed by atoms with Crippen molar-refractivity contribution < 1.29 is 41.7 Å². The fourth-order valence-electron chi connectivity index (χ4n) is 6.79. The molecule has 7 nitrogen and oxygen atoms in total. The number of benzene rings is 2. The number of piperidine rings is 1. The van der Waals surface area contributed by atoms with Crippen molar-refractivity contribution in [1.82, 2.24) is 4.90 Å². The van der Waals surface area contributed by atoms with E-state index in [0.29, 0.717) is 13.0 Å². The number of anilines is 1. The van der Waals surface area contributed by atoms with Gasteiger partial charge in [0.15, 0.2) is 11.5 Å². The molecule has 6 rings (SSSR count). The van der Waals surface area contributed by atoms with E-state index in [1.165, 1.54) is 18.2 Å². The van der Waals surface area contributed by atoms with E-state index in [-0.39, 0.29) is 52.3 Å². The number of carbonyl (C=O) groups excluding carboxylic acids is 1. The fraction of sp³-hybridized carbons (Fsp3) is 0.533. The Morgan fingerprint density at radius 2 is 1.79 bits per heavy atom. The maximum absolute atomic E-state index is 13.9. The van der Waals surface area contributed by atoms with E-state index in [9.17, 15) is 32.3 Å². The van der Waals surface area contributed by atoms with Gasteiger partial charge in [-0.2, -0.15) is 13.2 Å². The number of fused-ring (bicyclic) bond motifs is 1. The average Bonchev–Trinajstić information content (AvgIpc) is 3.82. The van der Waals surface area contributed by atoms with Crippen LogP contribution in [0.3, 0.4) is 0 Å². The van der Waals surface area contributed by atoms with E-state index in [1.54, 1.807) is 6.07 Å². The Kier molecular flexibility index (Phi) is 7.64. The summed E-state index contributed by atoms with van der Waals surface area (Å²) < 4.78 is 66.4. The van der Waals surface area contributed by atoms with Gasteiger partial charge in [0.2, 0.25) is 0 Å². The first-order chi connectivity index (χ1) is 20.0. The Labute approximate surface area is 245 Å². The van der Waals surface area contributed by atoms with Crippen molar-refractivity contribution >= 4 is 29.0 Å². The number of nitrogens with zero attached hydrogens (tertiary/aromatic N) is 1. The molecule has 0 radical (unpaired) electrons. The third-order valence-corrected chi connectivity index (χ3v) is 9.39. The van der Waals surface area contributed by atoms with Gasteiger partial charge in [0.25, 0.3) is 0 Å². The minimum Gasteiger partial charge on any atom is -0.488 e. The molecule has 2 aromatic carbocycles. The minimum absolute atomic E-state index is 0.0403. The van der Waals surface area contributed by atoms with Crippen molar-refractivity contribution in [2.45, 2.75) is 68.3 Å². The Balaban J connectivity index is 1.10. The zero-order valence-electron chi connectivity index (χ0n) is 22.7. The van der Waals surface area contributed by atoms with E-state index in [0.717, 1.165) is 56.8 Å². The number of rotatable bonds is 6. The van der Waals surface area contributed by atoms with Crippen molar-refractivity contribution in [2.75, 3.05) is 31.6 Å². The Bertz CT molecular complexity index is 1380. The monoisotopic (exact) mass is 610 g/mol. The number of alkyl halides is 3. The first-order valence-corrected chi connectivity index (χ1v) is 14.6. The van der Waals surface area contributed by atoms with Crippen LogP contribution in [-0.2, 0) is 15.7 Å². The number of ketones is 1. The van der Waals surface area contributed by atoms with Gasteiger partial charge in [-0.05, 0) is 93.3 Å².